The molecule has 0 saturated heterocycles. The zero-order valence-electron chi connectivity index (χ0n) is 10.3. The molecule has 2 nitrogen and oxygen atoms in total. The Hall–Kier alpha value is -1.99. The summed E-state index contributed by atoms with van der Waals surface area (Å²) in [4.78, 5) is 1.22. The van der Waals surface area contributed by atoms with Crippen LogP contribution in [0.25, 0.3) is 0 Å². The zero-order valence-corrected chi connectivity index (χ0v) is 11.1. The second-order valence-corrected chi connectivity index (χ2v) is 5.06. The number of nitriles is 1. The number of nitrogens with zero attached hydrogens (tertiary/aromatic N) is 1. The Labute approximate surface area is 116 Å². The normalized spacial score (nSPS) is 9.89. The minimum absolute atomic E-state index is 0.0701. The number of benzene rings is 2. The molecule has 0 radical (unpaired) electrons. The van der Waals surface area contributed by atoms with Crippen LogP contribution < -0.4 is 5.32 Å². The van der Waals surface area contributed by atoms with E-state index in [2.05, 4.69) is 17.4 Å². The zero-order chi connectivity index (χ0) is 13.5. The molecule has 19 heavy (non-hydrogen) atoms. The Kier molecular flexibility index (Phi) is 4.82. The Morgan fingerprint density at radius 2 is 1.95 bits per heavy atom. The molecule has 0 bridgehead atoms. The lowest BCUT2D eigenvalue weighted by Crippen LogP contribution is -2.04. The summed E-state index contributed by atoms with van der Waals surface area (Å²) in [5.41, 5.74) is 0.840. The number of anilines is 1. The van der Waals surface area contributed by atoms with Gasteiger partial charge in [0.1, 0.15) is 11.9 Å². The molecule has 96 valence electrons. The molecule has 0 atom stereocenters. The third-order valence-electron chi connectivity index (χ3n) is 2.53. The van der Waals surface area contributed by atoms with Crippen LogP contribution in [0.3, 0.4) is 0 Å². The average molecular weight is 272 g/mol. The van der Waals surface area contributed by atoms with Crippen molar-refractivity contribution in [1.82, 2.24) is 0 Å². The van der Waals surface area contributed by atoms with Gasteiger partial charge >= 0.3 is 0 Å². The monoisotopic (exact) mass is 272 g/mol. The summed E-state index contributed by atoms with van der Waals surface area (Å²) in [6.45, 7) is 0.760. The van der Waals surface area contributed by atoms with Crippen molar-refractivity contribution in [3.8, 4) is 6.07 Å². The van der Waals surface area contributed by atoms with Crippen LogP contribution >= 0.6 is 11.8 Å². The topological polar surface area (TPSA) is 35.8 Å². The Morgan fingerprint density at radius 1 is 1.16 bits per heavy atom. The molecule has 0 heterocycles. The van der Waals surface area contributed by atoms with Crippen molar-refractivity contribution >= 4 is 17.4 Å². The van der Waals surface area contributed by atoms with Gasteiger partial charge in [0.05, 0.1) is 5.56 Å². The number of thioether (sulfide) groups is 1. The van der Waals surface area contributed by atoms with E-state index in [9.17, 15) is 4.39 Å². The summed E-state index contributed by atoms with van der Waals surface area (Å²) in [5, 5.41) is 11.9. The maximum Gasteiger partial charge on any atom is 0.141 e. The lowest BCUT2D eigenvalue weighted by atomic mass is 10.2. The van der Waals surface area contributed by atoms with Crippen LogP contribution in [0.4, 0.5) is 10.1 Å². The van der Waals surface area contributed by atoms with E-state index in [0.717, 1.165) is 18.0 Å². The van der Waals surface area contributed by atoms with E-state index in [1.165, 1.54) is 17.0 Å². The first-order chi connectivity index (χ1) is 9.29. The van der Waals surface area contributed by atoms with Crippen LogP contribution in [0.15, 0.2) is 53.4 Å². The van der Waals surface area contributed by atoms with Crippen molar-refractivity contribution in [1.29, 1.82) is 5.26 Å². The standard InChI is InChI=1S/C15H13FN2S/c16-15-7-6-13(10-12(15)11-17)18-8-9-19-14-4-2-1-3-5-14/h1-7,10,18H,8-9H2. The van der Waals surface area contributed by atoms with Gasteiger partial charge in [-0.05, 0) is 30.3 Å². The van der Waals surface area contributed by atoms with Crippen molar-refractivity contribution in [2.24, 2.45) is 0 Å². The molecule has 0 aliphatic heterocycles. The molecule has 0 aliphatic carbocycles. The number of nitrogens with one attached hydrogen (secondary N) is 1. The van der Waals surface area contributed by atoms with Gasteiger partial charge in [-0.25, -0.2) is 4.39 Å². The SMILES string of the molecule is N#Cc1cc(NCCSc2ccccc2)ccc1F. The van der Waals surface area contributed by atoms with Crippen LogP contribution in [0.2, 0.25) is 0 Å². The van der Waals surface area contributed by atoms with Gasteiger partial charge in [-0.15, -0.1) is 11.8 Å². The summed E-state index contributed by atoms with van der Waals surface area (Å²) >= 11 is 1.75. The first-order valence-corrected chi connectivity index (χ1v) is 6.89. The molecule has 2 aromatic rings. The van der Waals surface area contributed by atoms with Crippen LogP contribution in [-0.2, 0) is 0 Å². The predicted octanol–water partition coefficient (Wildman–Crippen LogP) is 3.90. The first kappa shape index (κ1) is 13.4. The van der Waals surface area contributed by atoms with Crippen LogP contribution in [-0.4, -0.2) is 12.3 Å². The molecule has 0 saturated carbocycles. The molecule has 2 aromatic carbocycles. The Morgan fingerprint density at radius 3 is 2.68 bits per heavy atom. The summed E-state index contributed by atoms with van der Waals surface area (Å²) < 4.78 is 13.1. The second-order valence-electron chi connectivity index (χ2n) is 3.89. The highest BCUT2D eigenvalue weighted by molar-refractivity contribution is 7.99. The highest BCUT2D eigenvalue weighted by Gasteiger charge is 2.02. The third-order valence-corrected chi connectivity index (χ3v) is 3.54. The first-order valence-electron chi connectivity index (χ1n) is 5.91. The number of hydrogen-bond donors (Lipinski definition) is 1. The predicted molar refractivity (Wildman–Crippen MR) is 76.8 cm³/mol. The summed E-state index contributed by atoms with van der Waals surface area (Å²) in [6, 6.07) is 16.5. The third kappa shape index (κ3) is 4.01. The van der Waals surface area contributed by atoms with Gasteiger partial charge in [-0.1, -0.05) is 18.2 Å². The van der Waals surface area contributed by atoms with E-state index >= 15 is 0 Å². The molecule has 4 heteroatoms. The van der Waals surface area contributed by atoms with Crippen molar-refractivity contribution in [3.63, 3.8) is 0 Å². The number of hydrogen-bond acceptors (Lipinski definition) is 3. The summed E-state index contributed by atoms with van der Waals surface area (Å²) in [5.74, 6) is 0.426. The maximum atomic E-state index is 13.1. The van der Waals surface area contributed by atoms with E-state index in [-0.39, 0.29) is 5.56 Å². The maximum absolute atomic E-state index is 13.1. The van der Waals surface area contributed by atoms with Gasteiger partial charge in [0.25, 0.3) is 0 Å². The quantitative estimate of drug-likeness (QED) is 0.662. The van der Waals surface area contributed by atoms with E-state index in [1.807, 2.05) is 24.3 Å². The summed E-state index contributed by atoms with van der Waals surface area (Å²) in [6.07, 6.45) is 0. The molecule has 0 spiro atoms. The van der Waals surface area contributed by atoms with Crippen LogP contribution in [0, 0.1) is 17.1 Å². The molecule has 0 amide bonds. The fraction of sp³-hybridized carbons (Fsp3) is 0.133. The van der Waals surface area contributed by atoms with E-state index in [4.69, 9.17) is 5.26 Å². The van der Waals surface area contributed by atoms with Gasteiger partial charge in [-0.2, -0.15) is 5.26 Å². The van der Waals surface area contributed by atoms with Crippen molar-refractivity contribution in [3.05, 3.63) is 59.9 Å². The summed E-state index contributed by atoms with van der Waals surface area (Å²) in [7, 11) is 0. The van der Waals surface area contributed by atoms with Crippen LogP contribution in [0.5, 0.6) is 0 Å². The molecule has 0 unspecified atom stereocenters. The van der Waals surface area contributed by atoms with E-state index < -0.39 is 5.82 Å². The molecule has 0 fully saturated rings. The molecule has 1 N–H and O–H groups in total. The smallest absolute Gasteiger partial charge is 0.141 e. The minimum atomic E-state index is -0.480. The highest BCUT2D eigenvalue weighted by Crippen LogP contribution is 2.17. The lowest BCUT2D eigenvalue weighted by Gasteiger charge is -2.06. The molecule has 0 aliphatic rings. The van der Waals surface area contributed by atoms with Gasteiger partial charge < -0.3 is 5.32 Å². The molecular formula is C15H13FN2S. The molecule has 2 rings (SSSR count). The van der Waals surface area contributed by atoms with Crippen molar-refractivity contribution in [2.45, 2.75) is 4.90 Å². The van der Waals surface area contributed by atoms with E-state index in [0.29, 0.717) is 0 Å². The van der Waals surface area contributed by atoms with Crippen LogP contribution in [0.1, 0.15) is 5.56 Å². The van der Waals surface area contributed by atoms with Gasteiger partial charge in [-0.3, -0.25) is 0 Å². The fourth-order valence-corrected chi connectivity index (χ4v) is 2.39. The fourth-order valence-electron chi connectivity index (χ4n) is 1.60. The number of halogens is 1. The van der Waals surface area contributed by atoms with E-state index in [1.54, 1.807) is 17.8 Å². The Balaban J connectivity index is 1.82. The van der Waals surface area contributed by atoms with Gasteiger partial charge in [0.2, 0.25) is 0 Å². The van der Waals surface area contributed by atoms with Gasteiger partial charge in [0, 0.05) is 22.9 Å². The molecular weight excluding hydrogens is 259 g/mol. The Bertz CT molecular complexity index is 578. The largest absolute Gasteiger partial charge is 0.384 e. The van der Waals surface area contributed by atoms with Crippen molar-refractivity contribution < 1.29 is 4.39 Å². The van der Waals surface area contributed by atoms with Crippen molar-refractivity contribution in [2.75, 3.05) is 17.6 Å². The average Bonchev–Trinajstić information content (AvgIpc) is 2.46. The van der Waals surface area contributed by atoms with Gasteiger partial charge in [0.15, 0.2) is 0 Å². The number of rotatable bonds is 5. The second kappa shape index (κ2) is 6.81. The molecule has 0 aromatic heterocycles. The highest BCUT2D eigenvalue weighted by atomic mass is 32.2. The lowest BCUT2D eigenvalue weighted by molar-refractivity contribution is 0.624. The minimum Gasteiger partial charge on any atom is -0.384 e.